The molecule has 0 saturated carbocycles. The molecule has 2 aromatic heterocycles. The molecule has 0 bridgehead atoms. The molecule has 0 aliphatic rings. The molecule has 8 heteroatoms. The number of para-hydroxylation sites is 1. The molecule has 30 heavy (non-hydrogen) atoms. The Balaban J connectivity index is 1.71. The molecular formula is C22H28N6OS. The van der Waals surface area contributed by atoms with Crippen molar-refractivity contribution in [3.05, 3.63) is 70.2 Å². The number of benzene rings is 1. The summed E-state index contributed by atoms with van der Waals surface area (Å²) >= 11 is 1.74. The minimum atomic E-state index is -0.00447. The van der Waals surface area contributed by atoms with Gasteiger partial charge in [0.05, 0.1) is 24.5 Å². The van der Waals surface area contributed by atoms with Gasteiger partial charge in [0.25, 0.3) is 0 Å². The van der Waals surface area contributed by atoms with Crippen LogP contribution in [0.1, 0.15) is 16.1 Å². The van der Waals surface area contributed by atoms with E-state index in [1.54, 1.807) is 30.3 Å². The van der Waals surface area contributed by atoms with Gasteiger partial charge in [-0.3, -0.25) is 4.79 Å². The second kappa shape index (κ2) is 10.6. The highest BCUT2D eigenvalue weighted by Crippen LogP contribution is 2.15. The number of aliphatic imine (C=N–C) groups is 1. The van der Waals surface area contributed by atoms with E-state index < -0.39 is 0 Å². The topological polar surface area (TPSA) is 74.6 Å². The molecule has 0 atom stereocenters. The highest BCUT2D eigenvalue weighted by molar-refractivity contribution is 7.09. The van der Waals surface area contributed by atoms with Crippen LogP contribution in [-0.4, -0.2) is 53.7 Å². The van der Waals surface area contributed by atoms with Gasteiger partial charge in [-0.05, 0) is 42.5 Å². The molecule has 0 unspecified atom stereocenters. The van der Waals surface area contributed by atoms with Gasteiger partial charge in [-0.2, -0.15) is 5.10 Å². The van der Waals surface area contributed by atoms with E-state index in [1.807, 2.05) is 48.1 Å². The molecule has 3 aromatic rings. The van der Waals surface area contributed by atoms with Crippen molar-refractivity contribution in [1.82, 2.24) is 25.3 Å². The Morgan fingerprint density at radius 1 is 1.17 bits per heavy atom. The number of carbonyl (C=O) groups excluding carboxylic acids is 1. The van der Waals surface area contributed by atoms with Crippen molar-refractivity contribution in [2.24, 2.45) is 4.99 Å². The Morgan fingerprint density at radius 3 is 2.70 bits per heavy atom. The van der Waals surface area contributed by atoms with Crippen molar-refractivity contribution >= 4 is 23.2 Å². The maximum Gasteiger partial charge on any atom is 0.241 e. The van der Waals surface area contributed by atoms with Crippen molar-refractivity contribution in [3.8, 4) is 5.69 Å². The number of aryl methyl sites for hydroxylation is 1. The average molecular weight is 425 g/mol. The van der Waals surface area contributed by atoms with Gasteiger partial charge in [0.15, 0.2) is 5.96 Å². The predicted octanol–water partition coefficient (Wildman–Crippen LogP) is 2.61. The van der Waals surface area contributed by atoms with E-state index in [-0.39, 0.29) is 12.5 Å². The largest absolute Gasteiger partial charge is 0.356 e. The van der Waals surface area contributed by atoms with E-state index in [0.717, 1.165) is 29.9 Å². The first-order chi connectivity index (χ1) is 14.5. The van der Waals surface area contributed by atoms with Crippen LogP contribution in [-0.2, 0) is 17.8 Å². The van der Waals surface area contributed by atoms with E-state index in [2.05, 4.69) is 33.2 Å². The molecule has 0 fully saturated rings. The molecule has 158 valence electrons. The van der Waals surface area contributed by atoms with E-state index in [1.165, 1.54) is 4.88 Å². The molecule has 1 aromatic carbocycles. The second-order valence-electron chi connectivity index (χ2n) is 7.09. The summed E-state index contributed by atoms with van der Waals surface area (Å²) in [5.74, 6) is 0.614. The Hall–Kier alpha value is -3.13. The number of nitrogens with zero attached hydrogens (tertiary/aromatic N) is 4. The van der Waals surface area contributed by atoms with Gasteiger partial charge in [0.1, 0.15) is 0 Å². The van der Waals surface area contributed by atoms with Gasteiger partial charge >= 0.3 is 0 Å². The Morgan fingerprint density at radius 2 is 2.00 bits per heavy atom. The number of hydrogen-bond donors (Lipinski definition) is 2. The highest BCUT2D eigenvalue weighted by Gasteiger charge is 2.08. The molecule has 2 heterocycles. The van der Waals surface area contributed by atoms with Crippen LogP contribution < -0.4 is 10.6 Å². The number of hydrogen-bond acceptors (Lipinski definition) is 4. The molecule has 1 amide bonds. The fourth-order valence-corrected chi connectivity index (χ4v) is 3.54. The van der Waals surface area contributed by atoms with Crippen molar-refractivity contribution in [2.75, 3.05) is 27.2 Å². The lowest BCUT2D eigenvalue weighted by atomic mass is 10.2. The summed E-state index contributed by atoms with van der Waals surface area (Å²) in [6.07, 6.45) is 2.86. The van der Waals surface area contributed by atoms with Crippen LogP contribution in [0.2, 0.25) is 0 Å². The van der Waals surface area contributed by atoms with Crippen molar-refractivity contribution in [1.29, 1.82) is 0 Å². The quantitative estimate of drug-likeness (QED) is 0.431. The van der Waals surface area contributed by atoms with Crippen LogP contribution in [0.25, 0.3) is 5.69 Å². The van der Waals surface area contributed by atoms with Crippen molar-refractivity contribution < 1.29 is 4.79 Å². The lowest BCUT2D eigenvalue weighted by molar-refractivity contribution is -0.127. The minimum absolute atomic E-state index is 0.00447. The van der Waals surface area contributed by atoms with Crippen LogP contribution in [0.3, 0.4) is 0 Å². The average Bonchev–Trinajstić information content (AvgIpc) is 3.41. The Labute approximate surface area is 181 Å². The van der Waals surface area contributed by atoms with Crippen molar-refractivity contribution in [2.45, 2.75) is 19.9 Å². The number of thiophene rings is 1. The van der Waals surface area contributed by atoms with Crippen molar-refractivity contribution in [3.63, 3.8) is 0 Å². The summed E-state index contributed by atoms with van der Waals surface area (Å²) in [5.41, 5.74) is 3.02. The Bertz CT molecular complexity index is 977. The minimum Gasteiger partial charge on any atom is -0.356 e. The number of carbonyl (C=O) groups is 1. The second-order valence-corrected chi connectivity index (χ2v) is 8.13. The normalized spacial score (nSPS) is 11.4. The number of amides is 1. The molecule has 0 aliphatic carbocycles. The number of guanidine groups is 1. The summed E-state index contributed by atoms with van der Waals surface area (Å²) in [6, 6.07) is 14.2. The first-order valence-corrected chi connectivity index (χ1v) is 10.8. The predicted molar refractivity (Wildman–Crippen MR) is 122 cm³/mol. The van der Waals surface area contributed by atoms with E-state index in [4.69, 9.17) is 4.99 Å². The van der Waals surface area contributed by atoms with Gasteiger partial charge in [-0.25, -0.2) is 9.67 Å². The van der Waals surface area contributed by atoms with Crippen LogP contribution >= 0.6 is 11.3 Å². The molecule has 2 N–H and O–H groups in total. The third kappa shape index (κ3) is 6.18. The van der Waals surface area contributed by atoms with E-state index in [0.29, 0.717) is 12.5 Å². The van der Waals surface area contributed by atoms with E-state index >= 15 is 0 Å². The zero-order chi connectivity index (χ0) is 21.3. The SMILES string of the molecule is Cc1ccn(-c2ccccc2CN=C(NCCc2cccs2)NCC(=O)N(C)C)n1. The smallest absolute Gasteiger partial charge is 0.241 e. The first-order valence-electron chi connectivity index (χ1n) is 9.88. The summed E-state index contributed by atoms with van der Waals surface area (Å²) in [6.45, 7) is 3.37. The standard InChI is InChI=1S/C22H28N6OS/c1-17-11-13-28(26-17)20-9-5-4-7-18(20)15-24-22(25-16-21(29)27(2)3)23-12-10-19-8-6-14-30-19/h4-9,11,13-14H,10,12,15-16H2,1-3H3,(H2,23,24,25). The molecule has 0 radical (unpaired) electrons. The van der Waals surface area contributed by atoms with Gasteiger partial charge in [0.2, 0.25) is 5.91 Å². The zero-order valence-corrected chi connectivity index (χ0v) is 18.4. The lowest BCUT2D eigenvalue weighted by Gasteiger charge is -2.15. The van der Waals surface area contributed by atoms with Crippen LogP contribution in [0.4, 0.5) is 0 Å². The molecular weight excluding hydrogens is 396 g/mol. The van der Waals surface area contributed by atoms with Gasteiger partial charge < -0.3 is 15.5 Å². The maximum atomic E-state index is 12.0. The third-order valence-electron chi connectivity index (χ3n) is 4.52. The third-order valence-corrected chi connectivity index (χ3v) is 5.45. The summed E-state index contributed by atoms with van der Waals surface area (Å²) in [4.78, 5) is 19.6. The number of nitrogens with one attached hydrogen (secondary N) is 2. The van der Waals surface area contributed by atoms with Gasteiger partial charge in [0, 0.05) is 31.7 Å². The van der Waals surface area contributed by atoms with Gasteiger partial charge in [-0.1, -0.05) is 24.3 Å². The first kappa shape index (κ1) is 21.6. The summed E-state index contributed by atoms with van der Waals surface area (Å²) in [7, 11) is 3.49. The van der Waals surface area contributed by atoms with Gasteiger partial charge in [-0.15, -0.1) is 11.3 Å². The zero-order valence-electron chi connectivity index (χ0n) is 17.6. The van der Waals surface area contributed by atoms with Crippen LogP contribution in [0.5, 0.6) is 0 Å². The molecule has 0 spiro atoms. The van der Waals surface area contributed by atoms with Crippen LogP contribution in [0.15, 0.2) is 59.0 Å². The number of likely N-dealkylation sites (N-methyl/N-ethyl adjacent to an activating group) is 1. The lowest BCUT2D eigenvalue weighted by Crippen LogP contribution is -2.43. The molecule has 3 rings (SSSR count). The number of rotatable bonds is 8. The molecule has 0 saturated heterocycles. The molecule has 7 nitrogen and oxygen atoms in total. The number of aromatic nitrogens is 2. The summed E-state index contributed by atoms with van der Waals surface area (Å²) in [5, 5.41) is 13.1. The summed E-state index contributed by atoms with van der Waals surface area (Å²) < 4.78 is 1.87. The highest BCUT2D eigenvalue weighted by atomic mass is 32.1. The van der Waals surface area contributed by atoms with E-state index in [9.17, 15) is 4.79 Å². The Kier molecular flexibility index (Phi) is 7.62. The molecule has 0 aliphatic heterocycles. The monoisotopic (exact) mass is 424 g/mol. The maximum absolute atomic E-state index is 12.0. The van der Waals surface area contributed by atoms with Crippen LogP contribution in [0, 0.1) is 6.92 Å². The fourth-order valence-electron chi connectivity index (χ4n) is 2.83. The fraction of sp³-hybridized carbons (Fsp3) is 0.318.